The molecule has 0 saturated carbocycles. The highest BCUT2D eigenvalue weighted by Crippen LogP contribution is 2.38. The second-order valence-electron chi connectivity index (χ2n) is 5.02. The molecule has 1 unspecified atom stereocenters. The molecule has 1 atom stereocenters. The summed E-state index contributed by atoms with van der Waals surface area (Å²) in [6, 6.07) is 8.70. The monoisotopic (exact) mass is 288 g/mol. The summed E-state index contributed by atoms with van der Waals surface area (Å²) in [7, 11) is 2.04. The average molecular weight is 288 g/mol. The van der Waals surface area contributed by atoms with Gasteiger partial charge in [0.15, 0.2) is 0 Å². The third kappa shape index (κ3) is 2.58. The van der Waals surface area contributed by atoms with Gasteiger partial charge in [0.1, 0.15) is 10.8 Å². The van der Waals surface area contributed by atoms with Crippen molar-refractivity contribution in [1.29, 1.82) is 0 Å². The van der Waals surface area contributed by atoms with Crippen molar-refractivity contribution in [3.05, 3.63) is 34.8 Å². The molecular formula is C16H20N2OS. The van der Waals surface area contributed by atoms with Crippen LogP contribution in [0.15, 0.2) is 24.3 Å². The highest BCUT2D eigenvalue weighted by atomic mass is 32.1. The molecule has 0 spiro atoms. The first-order valence-electron chi connectivity index (χ1n) is 7.22. The zero-order valence-electron chi connectivity index (χ0n) is 12.0. The third-order valence-electron chi connectivity index (χ3n) is 3.69. The number of thiazole rings is 1. The highest BCUT2D eigenvalue weighted by molar-refractivity contribution is 7.15. The molecule has 0 amide bonds. The molecule has 0 saturated heterocycles. The molecule has 0 radical (unpaired) electrons. The fourth-order valence-electron chi connectivity index (χ4n) is 2.70. The van der Waals surface area contributed by atoms with Crippen molar-refractivity contribution in [1.82, 2.24) is 10.3 Å². The lowest BCUT2D eigenvalue weighted by Gasteiger charge is -2.19. The van der Waals surface area contributed by atoms with Crippen LogP contribution >= 0.6 is 11.3 Å². The topological polar surface area (TPSA) is 34.1 Å². The summed E-state index contributed by atoms with van der Waals surface area (Å²) in [6.07, 6.45) is 3.54. The van der Waals surface area contributed by atoms with E-state index in [1.54, 1.807) is 0 Å². The molecule has 20 heavy (non-hydrogen) atoms. The van der Waals surface area contributed by atoms with Crippen molar-refractivity contribution in [2.24, 2.45) is 0 Å². The van der Waals surface area contributed by atoms with Crippen LogP contribution in [0, 0.1) is 0 Å². The Bertz CT molecular complexity index is 594. The Labute approximate surface area is 124 Å². The van der Waals surface area contributed by atoms with Crippen LogP contribution in [-0.2, 0) is 6.42 Å². The Kier molecular flexibility index (Phi) is 4.03. The van der Waals surface area contributed by atoms with E-state index in [2.05, 4.69) is 17.4 Å². The summed E-state index contributed by atoms with van der Waals surface area (Å²) in [5, 5.41) is 4.51. The molecule has 0 bridgehead atoms. The molecule has 2 aromatic rings. The third-order valence-corrected chi connectivity index (χ3v) is 4.95. The largest absolute Gasteiger partial charge is 0.494 e. The molecule has 1 N–H and O–H groups in total. The number of hydrogen-bond donors (Lipinski definition) is 1. The van der Waals surface area contributed by atoms with Gasteiger partial charge in [-0.05, 0) is 45.4 Å². The van der Waals surface area contributed by atoms with Crippen molar-refractivity contribution >= 4 is 11.3 Å². The fraction of sp³-hybridized carbons (Fsp3) is 0.438. The van der Waals surface area contributed by atoms with Gasteiger partial charge in [-0.25, -0.2) is 4.98 Å². The zero-order chi connectivity index (χ0) is 13.9. The van der Waals surface area contributed by atoms with Crippen molar-refractivity contribution < 1.29 is 4.74 Å². The molecule has 1 aliphatic carbocycles. The second-order valence-corrected chi connectivity index (χ2v) is 6.05. The minimum atomic E-state index is 0.472. The summed E-state index contributed by atoms with van der Waals surface area (Å²) < 4.78 is 5.58. The van der Waals surface area contributed by atoms with Crippen molar-refractivity contribution in [2.45, 2.75) is 32.2 Å². The Morgan fingerprint density at radius 2 is 2.35 bits per heavy atom. The van der Waals surface area contributed by atoms with Gasteiger partial charge in [0.25, 0.3) is 0 Å². The summed E-state index contributed by atoms with van der Waals surface area (Å²) >= 11 is 1.82. The van der Waals surface area contributed by atoms with E-state index in [1.165, 1.54) is 23.4 Å². The van der Waals surface area contributed by atoms with E-state index < -0.39 is 0 Å². The smallest absolute Gasteiger partial charge is 0.124 e. The molecule has 3 nitrogen and oxygen atoms in total. The predicted octanol–water partition coefficient (Wildman–Crippen LogP) is 3.81. The van der Waals surface area contributed by atoms with Gasteiger partial charge in [-0.1, -0.05) is 12.1 Å². The number of aryl methyl sites for hydroxylation is 1. The SMILES string of the molecule is CCOc1cccc(-c2nc3c(s2)C(NC)CCC3)c1. The van der Waals surface area contributed by atoms with Gasteiger partial charge in [-0.15, -0.1) is 11.3 Å². The lowest BCUT2D eigenvalue weighted by Crippen LogP contribution is -2.19. The molecule has 1 heterocycles. The number of nitrogens with zero attached hydrogens (tertiary/aromatic N) is 1. The number of aromatic nitrogens is 1. The molecule has 0 fully saturated rings. The summed E-state index contributed by atoms with van der Waals surface area (Å²) in [6.45, 7) is 2.70. The van der Waals surface area contributed by atoms with Crippen molar-refractivity contribution in [3.8, 4) is 16.3 Å². The van der Waals surface area contributed by atoms with Crippen molar-refractivity contribution in [2.75, 3.05) is 13.7 Å². The van der Waals surface area contributed by atoms with Gasteiger partial charge in [0.2, 0.25) is 0 Å². The van der Waals surface area contributed by atoms with E-state index >= 15 is 0 Å². The fourth-order valence-corrected chi connectivity index (χ4v) is 3.96. The minimum Gasteiger partial charge on any atom is -0.494 e. The average Bonchev–Trinajstić information content (AvgIpc) is 2.92. The van der Waals surface area contributed by atoms with E-state index in [4.69, 9.17) is 9.72 Å². The molecule has 4 heteroatoms. The van der Waals surface area contributed by atoms with Gasteiger partial charge in [0.05, 0.1) is 12.3 Å². The van der Waals surface area contributed by atoms with E-state index in [0.29, 0.717) is 12.6 Å². The first kappa shape index (κ1) is 13.6. The van der Waals surface area contributed by atoms with Crippen LogP contribution in [0.2, 0.25) is 0 Å². The maximum absolute atomic E-state index is 5.58. The number of ether oxygens (including phenoxy) is 1. The maximum atomic E-state index is 5.58. The summed E-state index contributed by atoms with van der Waals surface area (Å²) in [5.41, 5.74) is 2.43. The number of nitrogens with one attached hydrogen (secondary N) is 1. The van der Waals surface area contributed by atoms with Crippen LogP contribution in [0.3, 0.4) is 0 Å². The molecular weight excluding hydrogens is 268 g/mol. The van der Waals surface area contributed by atoms with E-state index in [1.807, 2.05) is 37.4 Å². The van der Waals surface area contributed by atoms with Gasteiger partial charge >= 0.3 is 0 Å². The van der Waals surface area contributed by atoms with E-state index in [9.17, 15) is 0 Å². The van der Waals surface area contributed by atoms with Crippen LogP contribution in [0.1, 0.15) is 36.4 Å². The van der Waals surface area contributed by atoms with Crippen LogP contribution in [0.25, 0.3) is 10.6 Å². The number of rotatable bonds is 4. The Hall–Kier alpha value is -1.39. The van der Waals surface area contributed by atoms with Gasteiger partial charge < -0.3 is 10.1 Å². The summed E-state index contributed by atoms with van der Waals surface area (Å²) in [5.74, 6) is 0.920. The molecule has 3 rings (SSSR count). The van der Waals surface area contributed by atoms with Gasteiger partial charge in [-0.2, -0.15) is 0 Å². The van der Waals surface area contributed by atoms with Crippen molar-refractivity contribution in [3.63, 3.8) is 0 Å². The van der Waals surface area contributed by atoms with Crippen LogP contribution in [0.4, 0.5) is 0 Å². The molecule has 1 aromatic heterocycles. The van der Waals surface area contributed by atoms with E-state index in [0.717, 1.165) is 22.7 Å². The Balaban J connectivity index is 1.95. The Morgan fingerprint density at radius 1 is 1.45 bits per heavy atom. The highest BCUT2D eigenvalue weighted by Gasteiger charge is 2.23. The van der Waals surface area contributed by atoms with Crippen LogP contribution in [-0.4, -0.2) is 18.6 Å². The molecule has 1 aromatic carbocycles. The first-order chi connectivity index (χ1) is 9.81. The van der Waals surface area contributed by atoms with Crippen LogP contribution in [0.5, 0.6) is 5.75 Å². The maximum Gasteiger partial charge on any atom is 0.124 e. The van der Waals surface area contributed by atoms with Gasteiger partial charge in [0, 0.05) is 16.5 Å². The minimum absolute atomic E-state index is 0.472. The lowest BCUT2D eigenvalue weighted by molar-refractivity contribution is 0.340. The number of benzene rings is 1. The second kappa shape index (κ2) is 5.94. The predicted molar refractivity (Wildman–Crippen MR) is 83.5 cm³/mol. The lowest BCUT2D eigenvalue weighted by atomic mass is 9.98. The quantitative estimate of drug-likeness (QED) is 0.929. The zero-order valence-corrected chi connectivity index (χ0v) is 12.8. The van der Waals surface area contributed by atoms with E-state index in [-0.39, 0.29) is 0 Å². The molecule has 1 aliphatic rings. The molecule has 106 valence electrons. The standard InChI is InChI=1S/C16H20N2OS/c1-3-19-12-7-4-6-11(10-12)16-18-14-9-5-8-13(17-2)15(14)20-16/h4,6-7,10,13,17H,3,5,8-9H2,1-2H3. The summed E-state index contributed by atoms with van der Waals surface area (Å²) in [4.78, 5) is 6.26. The first-order valence-corrected chi connectivity index (χ1v) is 8.03. The normalized spacial score (nSPS) is 17.8. The molecule has 0 aliphatic heterocycles. The number of fused-ring (bicyclic) bond motifs is 1. The Morgan fingerprint density at radius 3 is 3.15 bits per heavy atom. The van der Waals surface area contributed by atoms with Crippen LogP contribution < -0.4 is 10.1 Å². The van der Waals surface area contributed by atoms with Gasteiger partial charge in [-0.3, -0.25) is 0 Å². The number of hydrogen-bond acceptors (Lipinski definition) is 4.